The number of amides is 3. The fourth-order valence-corrected chi connectivity index (χ4v) is 4.42. The normalized spacial score (nSPS) is 16.8. The van der Waals surface area contributed by atoms with Crippen molar-refractivity contribution in [1.82, 2.24) is 20.1 Å². The number of carbonyl (C=O) groups is 4. The third-order valence-electron chi connectivity index (χ3n) is 6.56. The van der Waals surface area contributed by atoms with Gasteiger partial charge in [-0.05, 0) is 55.3 Å². The summed E-state index contributed by atoms with van der Waals surface area (Å²) in [7, 11) is 0. The van der Waals surface area contributed by atoms with Crippen LogP contribution in [0.2, 0.25) is 0 Å². The highest BCUT2D eigenvalue weighted by molar-refractivity contribution is 5.99. The van der Waals surface area contributed by atoms with Crippen LogP contribution in [0.1, 0.15) is 39.6 Å². The molecule has 2 atom stereocenters. The number of hydrogen-bond acceptors (Lipinski definition) is 6. The number of ketones is 1. The number of nitrogens with zero attached hydrogens (tertiary/aromatic N) is 3. The number of hydrogen-bond donors (Lipinski definition) is 2. The molecule has 1 saturated heterocycles. The summed E-state index contributed by atoms with van der Waals surface area (Å²) >= 11 is 0. The molecule has 1 fully saturated rings. The second-order valence-electron chi connectivity index (χ2n) is 9.37. The molecule has 2 heterocycles. The van der Waals surface area contributed by atoms with Crippen LogP contribution in [0.25, 0.3) is 0 Å². The van der Waals surface area contributed by atoms with E-state index >= 15 is 0 Å². The predicted octanol–water partition coefficient (Wildman–Crippen LogP) is 2.46. The summed E-state index contributed by atoms with van der Waals surface area (Å²) in [5, 5.41) is 12.4. The van der Waals surface area contributed by atoms with Crippen LogP contribution in [0.3, 0.4) is 0 Å². The Bertz CT molecular complexity index is 1280. The third-order valence-corrected chi connectivity index (χ3v) is 6.56. The molecule has 9 nitrogen and oxygen atoms in total. The number of nitrogens with one attached hydrogen (secondary N) is 1. The molecule has 0 spiro atoms. The second-order valence-corrected chi connectivity index (χ2v) is 9.37. The van der Waals surface area contributed by atoms with Crippen molar-refractivity contribution in [2.75, 3.05) is 19.6 Å². The monoisotopic (exact) mass is 514 g/mol. The van der Waals surface area contributed by atoms with E-state index in [9.17, 15) is 24.3 Å². The lowest BCUT2D eigenvalue weighted by Gasteiger charge is -2.35. The van der Waals surface area contributed by atoms with Crippen LogP contribution in [0.5, 0.6) is 5.75 Å². The molecule has 9 heteroatoms. The Morgan fingerprint density at radius 2 is 1.71 bits per heavy atom. The maximum absolute atomic E-state index is 13.7. The Morgan fingerprint density at radius 3 is 2.39 bits per heavy atom. The highest BCUT2D eigenvalue weighted by Gasteiger charge is 2.32. The van der Waals surface area contributed by atoms with E-state index in [-0.39, 0.29) is 49.5 Å². The SMILES string of the molecule is C[C@H]1CCN(C(=O)[C@H](Cc2ccc(O)cc2)NC(=O)c2cccnc2)CC(=O)CN1C(=O)c1ccccc1. The largest absolute Gasteiger partial charge is 0.508 e. The van der Waals surface area contributed by atoms with Crippen LogP contribution in [0.15, 0.2) is 79.1 Å². The van der Waals surface area contributed by atoms with Crippen LogP contribution in [-0.2, 0) is 16.0 Å². The quantitative estimate of drug-likeness (QED) is 0.522. The van der Waals surface area contributed by atoms with Gasteiger partial charge < -0.3 is 20.2 Å². The zero-order valence-electron chi connectivity index (χ0n) is 21.1. The molecule has 3 amide bonds. The first kappa shape index (κ1) is 26.5. The van der Waals surface area contributed by atoms with Gasteiger partial charge in [-0.1, -0.05) is 30.3 Å². The van der Waals surface area contributed by atoms with Crippen LogP contribution in [-0.4, -0.2) is 75.1 Å². The minimum absolute atomic E-state index is 0.0916. The van der Waals surface area contributed by atoms with E-state index in [1.165, 1.54) is 23.2 Å². The molecule has 38 heavy (non-hydrogen) atoms. The van der Waals surface area contributed by atoms with E-state index in [1.54, 1.807) is 59.6 Å². The highest BCUT2D eigenvalue weighted by atomic mass is 16.3. The van der Waals surface area contributed by atoms with Crippen LogP contribution >= 0.6 is 0 Å². The van der Waals surface area contributed by atoms with Crippen molar-refractivity contribution in [3.8, 4) is 5.75 Å². The summed E-state index contributed by atoms with van der Waals surface area (Å²) in [6.45, 7) is 1.83. The van der Waals surface area contributed by atoms with E-state index < -0.39 is 17.9 Å². The van der Waals surface area contributed by atoms with Crippen LogP contribution in [0, 0.1) is 0 Å². The lowest BCUT2D eigenvalue weighted by Crippen LogP contribution is -2.55. The number of phenols is 1. The van der Waals surface area contributed by atoms with Gasteiger partial charge in [0.05, 0.1) is 18.7 Å². The van der Waals surface area contributed by atoms with Gasteiger partial charge in [-0.25, -0.2) is 0 Å². The van der Waals surface area contributed by atoms with Crippen molar-refractivity contribution >= 4 is 23.5 Å². The van der Waals surface area contributed by atoms with Gasteiger partial charge in [0.2, 0.25) is 5.91 Å². The number of phenolic OH excluding ortho intramolecular Hbond substituents is 1. The number of aromatic nitrogens is 1. The van der Waals surface area contributed by atoms with Gasteiger partial charge in [0.1, 0.15) is 11.8 Å². The number of Topliss-reactive ketones (excluding diaryl/α,β-unsaturated/α-hetero) is 1. The van der Waals surface area contributed by atoms with E-state index in [0.29, 0.717) is 17.5 Å². The smallest absolute Gasteiger partial charge is 0.254 e. The van der Waals surface area contributed by atoms with Gasteiger partial charge in [-0.15, -0.1) is 0 Å². The predicted molar refractivity (Wildman–Crippen MR) is 140 cm³/mol. The molecular formula is C29H30N4O5. The number of aromatic hydroxyl groups is 1. The second kappa shape index (κ2) is 12.1. The van der Waals surface area contributed by atoms with Gasteiger partial charge in [0, 0.05) is 37.0 Å². The van der Waals surface area contributed by atoms with Crippen molar-refractivity contribution in [2.45, 2.75) is 31.8 Å². The molecule has 0 aliphatic carbocycles. The van der Waals surface area contributed by atoms with Crippen LogP contribution < -0.4 is 5.32 Å². The molecule has 1 aliphatic rings. The molecule has 1 aliphatic heterocycles. The Balaban J connectivity index is 1.51. The Labute approximate surface area is 221 Å². The summed E-state index contributed by atoms with van der Waals surface area (Å²) in [6, 6.07) is 17.2. The molecule has 2 aromatic carbocycles. The third kappa shape index (κ3) is 6.61. The maximum Gasteiger partial charge on any atom is 0.254 e. The topological polar surface area (TPSA) is 120 Å². The van der Waals surface area contributed by atoms with Crippen molar-refractivity contribution in [3.63, 3.8) is 0 Å². The zero-order valence-corrected chi connectivity index (χ0v) is 21.1. The van der Waals surface area contributed by atoms with Gasteiger partial charge in [-0.3, -0.25) is 24.2 Å². The molecule has 4 rings (SSSR count). The highest BCUT2D eigenvalue weighted by Crippen LogP contribution is 2.17. The summed E-state index contributed by atoms with van der Waals surface area (Å²) in [5.41, 5.74) is 1.55. The molecule has 1 aromatic heterocycles. The van der Waals surface area contributed by atoms with Crippen LogP contribution in [0.4, 0.5) is 0 Å². The maximum atomic E-state index is 13.7. The standard InChI is InChI=1S/C29H30N4O5/c1-20-13-15-32(18-25(35)19-33(20)28(37)22-6-3-2-4-7-22)29(38)26(16-21-9-11-24(34)12-10-21)31-27(36)23-8-5-14-30-17-23/h2-12,14,17,20,26,34H,13,15-16,18-19H2,1H3,(H,31,36)/t20-,26-/m0/s1. The molecule has 0 unspecified atom stereocenters. The first-order valence-electron chi connectivity index (χ1n) is 12.5. The average molecular weight is 515 g/mol. The van der Waals surface area contributed by atoms with Gasteiger partial charge in [0.15, 0.2) is 5.78 Å². The fraction of sp³-hybridized carbons (Fsp3) is 0.276. The van der Waals surface area contributed by atoms with Crippen molar-refractivity contribution in [2.24, 2.45) is 0 Å². The van der Waals surface area contributed by atoms with E-state index in [0.717, 1.165) is 5.56 Å². The van der Waals surface area contributed by atoms with Gasteiger partial charge >= 0.3 is 0 Å². The minimum atomic E-state index is -0.947. The molecule has 0 radical (unpaired) electrons. The zero-order chi connectivity index (χ0) is 27.1. The lowest BCUT2D eigenvalue weighted by atomic mass is 10.0. The van der Waals surface area contributed by atoms with Gasteiger partial charge in [0.25, 0.3) is 11.8 Å². The lowest BCUT2D eigenvalue weighted by molar-refractivity contribution is -0.138. The summed E-state index contributed by atoms with van der Waals surface area (Å²) in [4.78, 5) is 59.6. The number of benzene rings is 2. The summed E-state index contributed by atoms with van der Waals surface area (Å²) < 4.78 is 0. The first-order chi connectivity index (χ1) is 18.3. The fourth-order valence-electron chi connectivity index (χ4n) is 4.42. The Hall–Kier alpha value is -4.53. The summed E-state index contributed by atoms with van der Waals surface area (Å²) in [5.74, 6) is -1.24. The number of rotatable bonds is 6. The molecule has 196 valence electrons. The van der Waals surface area contributed by atoms with Crippen molar-refractivity contribution in [3.05, 3.63) is 95.8 Å². The van der Waals surface area contributed by atoms with E-state index in [1.807, 2.05) is 13.0 Å². The van der Waals surface area contributed by atoms with Gasteiger partial charge in [-0.2, -0.15) is 0 Å². The van der Waals surface area contributed by atoms with E-state index in [2.05, 4.69) is 10.3 Å². The van der Waals surface area contributed by atoms with Crippen molar-refractivity contribution in [1.29, 1.82) is 0 Å². The average Bonchev–Trinajstić information content (AvgIpc) is 2.94. The van der Waals surface area contributed by atoms with Crippen molar-refractivity contribution < 1.29 is 24.3 Å². The Morgan fingerprint density at radius 1 is 1.00 bits per heavy atom. The molecule has 0 saturated carbocycles. The molecule has 2 N–H and O–H groups in total. The minimum Gasteiger partial charge on any atom is -0.508 e. The molecule has 3 aromatic rings. The summed E-state index contributed by atoms with van der Waals surface area (Å²) in [6.07, 6.45) is 3.61. The molecule has 0 bridgehead atoms. The molecular weight excluding hydrogens is 484 g/mol. The van der Waals surface area contributed by atoms with E-state index in [4.69, 9.17) is 0 Å². The number of pyridine rings is 1. The first-order valence-corrected chi connectivity index (χ1v) is 12.5. The number of carbonyl (C=O) groups excluding carboxylic acids is 4. The Kier molecular flexibility index (Phi) is 8.47.